The number of anilines is 1. The molecule has 0 aliphatic carbocycles. The van der Waals surface area contributed by atoms with Crippen LogP contribution in [0.15, 0.2) is 23.1 Å². The van der Waals surface area contributed by atoms with Gasteiger partial charge >= 0.3 is 0 Å². The molecule has 9 nitrogen and oxygen atoms in total. The van der Waals surface area contributed by atoms with Crippen LogP contribution in [0, 0.1) is 16.0 Å². The normalized spacial score (nSPS) is 11.6. The van der Waals surface area contributed by atoms with E-state index < -0.39 is 20.9 Å². The Balaban J connectivity index is 3.01. The zero-order valence-corrected chi connectivity index (χ0v) is 14.9. The van der Waals surface area contributed by atoms with Crippen molar-refractivity contribution in [3.8, 4) is 0 Å². The van der Waals surface area contributed by atoms with Gasteiger partial charge in [-0.2, -0.15) is 4.31 Å². The predicted octanol–water partition coefficient (Wildman–Crippen LogP) is 1.03. The van der Waals surface area contributed by atoms with Crippen molar-refractivity contribution in [2.24, 2.45) is 5.92 Å². The molecule has 24 heavy (non-hydrogen) atoms. The lowest BCUT2D eigenvalue weighted by Crippen LogP contribution is -2.39. The minimum absolute atomic E-state index is 0.205. The average molecular weight is 358 g/mol. The van der Waals surface area contributed by atoms with Crippen LogP contribution in [0.5, 0.6) is 0 Å². The minimum Gasteiger partial charge on any atom is -0.383 e. The molecule has 1 aromatic rings. The summed E-state index contributed by atoms with van der Waals surface area (Å²) in [6.07, 6.45) is 0. The lowest BCUT2D eigenvalue weighted by atomic mass is 10.2. The Labute approximate surface area is 141 Å². The Morgan fingerprint density at radius 1 is 1.38 bits per heavy atom. The number of nitro benzene ring substituents is 1. The van der Waals surface area contributed by atoms with Gasteiger partial charge in [-0.3, -0.25) is 14.9 Å². The smallest absolute Gasteiger partial charge is 0.293 e. The van der Waals surface area contributed by atoms with Crippen LogP contribution in [0.3, 0.4) is 0 Å². The van der Waals surface area contributed by atoms with Crippen LogP contribution in [0.25, 0.3) is 0 Å². The molecule has 0 saturated heterocycles. The van der Waals surface area contributed by atoms with Gasteiger partial charge in [-0.05, 0) is 18.1 Å². The van der Waals surface area contributed by atoms with Gasteiger partial charge in [-0.1, -0.05) is 13.8 Å². The van der Waals surface area contributed by atoms with E-state index in [2.05, 4.69) is 10.6 Å². The number of hydrogen-bond acceptors (Lipinski definition) is 6. The molecule has 0 saturated carbocycles. The van der Waals surface area contributed by atoms with E-state index in [-0.39, 0.29) is 28.7 Å². The third kappa shape index (κ3) is 4.90. The molecule has 0 bridgehead atoms. The Morgan fingerprint density at radius 3 is 2.50 bits per heavy atom. The molecule has 0 aliphatic heterocycles. The number of nitro groups is 1. The summed E-state index contributed by atoms with van der Waals surface area (Å²) in [7, 11) is -1.26. The second-order valence-electron chi connectivity index (χ2n) is 5.65. The number of carbonyl (C=O) groups is 1. The molecule has 0 radical (unpaired) electrons. The van der Waals surface area contributed by atoms with Crippen molar-refractivity contribution < 1.29 is 18.1 Å². The second-order valence-corrected chi connectivity index (χ2v) is 7.69. The van der Waals surface area contributed by atoms with E-state index in [1.165, 1.54) is 26.2 Å². The van der Waals surface area contributed by atoms with Gasteiger partial charge in [0.05, 0.1) is 16.4 Å². The Hall–Kier alpha value is -2.20. The Morgan fingerprint density at radius 2 is 2.00 bits per heavy atom. The highest BCUT2D eigenvalue weighted by Gasteiger charge is 2.26. The molecule has 0 aliphatic rings. The molecule has 0 heterocycles. The fraction of sp³-hybridized carbons (Fsp3) is 0.500. The minimum atomic E-state index is -4.01. The SMILES string of the molecule is CNc1ccc(S(=O)(=O)N(C)CC(=O)NCC(C)C)cc1[N+](=O)[O-]. The van der Waals surface area contributed by atoms with E-state index in [1.54, 1.807) is 0 Å². The summed E-state index contributed by atoms with van der Waals surface area (Å²) in [6, 6.07) is 3.55. The maximum Gasteiger partial charge on any atom is 0.293 e. The molecule has 0 atom stereocenters. The van der Waals surface area contributed by atoms with E-state index in [9.17, 15) is 23.3 Å². The van der Waals surface area contributed by atoms with Crippen LogP contribution in [0.2, 0.25) is 0 Å². The van der Waals surface area contributed by atoms with Crippen molar-refractivity contribution >= 4 is 27.3 Å². The Bertz CT molecular complexity index is 718. The summed E-state index contributed by atoms with van der Waals surface area (Å²) in [6.45, 7) is 3.91. The van der Waals surface area contributed by atoms with Gasteiger partial charge in [0.1, 0.15) is 5.69 Å². The topological polar surface area (TPSA) is 122 Å². The van der Waals surface area contributed by atoms with Crippen LogP contribution >= 0.6 is 0 Å². The van der Waals surface area contributed by atoms with Crippen molar-refractivity contribution in [1.29, 1.82) is 0 Å². The molecule has 134 valence electrons. The summed E-state index contributed by atoms with van der Waals surface area (Å²) in [5, 5.41) is 16.3. The van der Waals surface area contributed by atoms with Crippen molar-refractivity contribution in [3.05, 3.63) is 28.3 Å². The number of nitrogens with zero attached hydrogens (tertiary/aromatic N) is 2. The standard InChI is InChI=1S/C14H22N4O5S/c1-10(2)8-16-14(19)9-17(4)24(22,23)11-5-6-12(15-3)13(7-11)18(20)21/h5-7,10,15H,8-9H2,1-4H3,(H,16,19). The molecule has 10 heteroatoms. The molecular weight excluding hydrogens is 336 g/mol. The fourth-order valence-electron chi connectivity index (χ4n) is 1.88. The van der Waals surface area contributed by atoms with Crippen LogP contribution in [0.4, 0.5) is 11.4 Å². The molecule has 0 unspecified atom stereocenters. The third-order valence-electron chi connectivity index (χ3n) is 3.22. The first-order chi connectivity index (χ1) is 11.1. The number of carbonyl (C=O) groups excluding carboxylic acids is 1. The van der Waals surface area contributed by atoms with E-state index in [1.807, 2.05) is 13.8 Å². The quantitative estimate of drug-likeness (QED) is 0.529. The maximum atomic E-state index is 12.5. The first-order valence-electron chi connectivity index (χ1n) is 7.28. The lowest BCUT2D eigenvalue weighted by molar-refractivity contribution is -0.384. The predicted molar refractivity (Wildman–Crippen MR) is 90.3 cm³/mol. The molecule has 1 amide bonds. The highest BCUT2D eigenvalue weighted by atomic mass is 32.2. The van der Waals surface area contributed by atoms with Gasteiger partial charge in [0.25, 0.3) is 5.69 Å². The molecule has 0 spiro atoms. The highest BCUT2D eigenvalue weighted by Crippen LogP contribution is 2.28. The van der Waals surface area contributed by atoms with Crippen LogP contribution in [0.1, 0.15) is 13.8 Å². The number of rotatable bonds is 8. The molecule has 0 fully saturated rings. The highest BCUT2D eigenvalue weighted by molar-refractivity contribution is 7.89. The van der Waals surface area contributed by atoms with Crippen molar-refractivity contribution in [2.75, 3.05) is 32.5 Å². The molecule has 0 aromatic heterocycles. The molecule has 1 rings (SSSR count). The third-order valence-corrected chi connectivity index (χ3v) is 5.02. The molecule has 2 N–H and O–H groups in total. The first kappa shape index (κ1) is 19.8. The van der Waals surface area contributed by atoms with E-state index in [0.29, 0.717) is 6.54 Å². The van der Waals surface area contributed by atoms with E-state index in [0.717, 1.165) is 10.4 Å². The Kier molecular flexibility index (Phi) is 6.67. The van der Waals surface area contributed by atoms with Crippen molar-refractivity contribution in [2.45, 2.75) is 18.7 Å². The zero-order chi connectivity index (χ0) is 18.5. The van der Waals surface area contributed by atoms with Crippen molar-refractivity contribution in [1.82, 2.24) is 9.62 Å². The van der Waals surface area contributed by atoms with Crippen LogP contribution in [-0.4, -0.2) is 50.7 Å². The fourth-order valence-corrected chi connectivity index (χ4v) is 3.02. The molecular formula is C14H22N4O5S. The summed E-state index contributed by atoms with van der Waals surface area (Å²) < 4.78 is 25.8. The van der Waals surface area contributed by atoms with Gasteiger partial charge in [0.15, 0.2) is 0 Å². The monoisotopic (exact) mass is 358 g/mol. The van der Waals surface area contributed by atoms with Crippen molar-refractivity contribution in [3.63, 3.8) is 0 Å². The first-order valence-corrected chi connectivity index (χ1v) is 8.72. The summed E-state index contributed by atoms with van der Waals surface area (Å²) >= 11 is 0. The van der Waals surface area contributed by atoms with Gasteiger partial charge in [-0.25, -0.2) is 8.42 Å². The number of amides is 1. The van der Waals surface area contributed by atoms with Gasteiger partial charge in [0, 0.05) is 26.7 Å². The van der Waals surface area contributed by atoms with E-state index >= 15 is 0 Å². The van der Waals surface area contributed by atoms with Crippen LogP contribution < -0.4 is 10.6 Å². The number of sulfonamides is 1. The second kappa shape index (κ2) is 8.06. The number of nitrogens with one attached hydrogen (secondary N) is 2. The maximum absolute atomic E-state index is 12.5. The van der Waals surface area contributed by atoms with E-state index in [4.69, 9.17) is 0 Å². The van der Waals surface area contributed by atoms with Crippen LogP contribution in [-0.2, 0) is 14.8 Å². The summed E-state index contributed by atoms with van der Waals surface area (Å²) in [5.74, 6) is -0.191. The lowest BCUT2D eigenvalue weighted by Gasteiger charge is -2.17. The summed E-state index contributed by atoms with van der Waals surface area (Å²) in [4.78, 5) is 21.9. The zero-order valence-electron chi connectivity index (χ0n) is 14.1. The largest absolute Gasteiger partial charge is 0.383 e. The number of likely N-dealkylation sites (N-methyl/N-ethyl adjacent to an activating group) is 1. The van der Waals surface area contributed by atoms with Gasteiger partial charge < -0.3 is 10.6 Å². The molecule has 1 aromatic carbocycles. The average Bonchev–Trinajstić information content (AvgIpc) is 2.51. The van der Waals surface area contributed by atoms with Gasteiger partial charge in [-0.15, -0.1) is 0 Å². The summed E-state index contributed by atoms with van der Waals surface area (Å²) in [5.41, 5.74) is -0.146. The number of hydrogen-bond donors (Lipinski definition) is 2. The number of benzene rings is 1. The van der Waals surface area contributed by atoms with Gasteiger partial charge in [0.2, 0.25) is 15.9 Å².